The molecule has 0 radical (unpaired) electrons. The molecule has 0 aromatic carbocycles. The Morgan fingerprint density at radius 3 is 2.95 bits per heavy atom. The van der Waals surface area contributed by atoms with Gasteiger partial charge < -0.3 is 4.90 Å². The molecular weight excluding hydrogens is 272 g/mol. The lowest BCUT2D eigenvalue weighted by Crippen LogP contribution is -2.31. The number of nitrogen functional groups attached to an aromatic ring is 1. The number of rotatable bonds is 6. The Labute approximate surface area is 122 Å². The minimum atomic E-state index is -0.368. The summed E-state index contributed by atoms with van der Waals surface area (Å²) in [4.78, 5) is 19.3. The van der Waals surface area contributed by atoms with E-state index in [1.165, 1.54) is 4.88 Å². The summed E-state index contributed by atoms with van der Waals surface area (Å²) in [6.07, 6.45) is 1.02. The quantitative estimate of drug-likeness (QED) is 0.479. The Morgan fingerprint density at radius 1 is 1.40 bits per heavy atom. The molecule has 0 saturated carbocycles. The molecule has 0 spiro atoms. The number of nitrogens with zero attached hydrogens (tertiary/aromatic N) is 2. The van der Waals surface area contributed by atoms with Crippen LogP contribution in [0, 0.1) is 0 Å². The minimum absolute atomic E-state index is 0.344. The minimum Gasteiger partial charge on any atom is -0.300 e. The number of hydrogen-bond donors (Lipinski definition) is 2. The monoisotopic (exact) mass is 290 g/mol. The van der Waals surface area contributed by atoms with Crippen LogP contribution < -0.4 is 11.3 Å². The van der Waals surface area contributed by atoms with Crippen molar-refractivity contribution in [1.29, 1.82) is 0 Å². The maximum atomic E-state index is 11.4. The molecule has 0 aliphatic heterocycles. The fourth-order valence-electron chi connectivity index (χ4n) is 1.88. The molecular formula is C14H18N4OS. The van der Waals surface area contributed by atoms with Crippen molar-refractivity contribution in [3.05, 3.63) is 52.0 Å². The zero-order valence-corrected chi connectivity index (χ0v) is 12.2. The number of hydrazine groups is 1. The first kappa shape index (κ1) is 14.6. The second-order valence-corrected chi connectivity index (χ2v) is 5.59. The van der Waals surface area contributed by atoms with Gasteiger partial charge in [-0.25, -0.2) is 10.8 Å². The van der Waals surface area contributed by atoms with Gasteiger partial charge in [-0.15, -0.1) is 11.3 Å². The van der Waals surface area contributed by atoms with Gasteiger partial charge in [-0.3, -0.25) is 10.2 Å². The molecule has 0 bridgehead atoms. The highest BCUT2D eigenvalue weighted by Gasteiger charge is 2.07. The Hall–Kier alpha value is -1.76. The number of carbonyl (C=O) groups excluding carboxylic acids is 1. The maximum absolute atomic E-state index is 11.4. The molecule has 3 N–H and O–H groups in total. The van der Waals surface area contributed by atoms with Crippen LogP contribution in [0.15, 0.2) is 35.7 Å². The number of pyridine rings is 1. The van der Waals surface area contributed by atoms with E-state index in [2.05, 4.69) is 32.8 Å². The van der Waals surface area contributed by atoms with Gasteiger partial charge in [0.05, 0.1) is 5.69 Å². The van der Waals surface area contributed by atoms with Crippen LogP contribution in [-0.2, 0) is 13.0 Å². The summed E-state index contributed by atoms with van der Waals surface area (Å²) in [5, 5.41) is 2.09. The third kappa shape index (κ3) is 4.12. The number of aromatic nitrogens is 1. The lowest BCUT2D eigenvalue weighted by molar-refractivity contribution is 0.0948. The predicted octanol–water partition coefficient (Wildman–Crippen LogP) is 1.42. The topological polar surface area (TPSA) is 71.2 Å². The number of carbonyl (C=O) groups is 1. The highest BCUT2D eigenvalue weighted by molar-refractivity contribution is 7.09. The van der Waals surface area contributed by atoms with Gasteiger partial charge in [-0.05, 0) is 37.0 Å². The van der Waals surface area contributed by atoms with Gasteiger partial charge >= 0.3 is 0 Å². The third-order valence-corrected chi connectivity index (χ3v) is 3.86. The summed E-state index contributed by atoms with van der Waals surface area (Å²) in [6.45, 7) is 1.66. The summed E-state index contributed by atoms with van der Waals surface area (Å²) in [7, 11) is 2.05. The highest BCUT2D eigenvalue weighted by Crippen LogP contribution is 2.10. The summed E-state index contributed by atoms with van der Waals surface area (Å²) in [6, 6.07) is 9.59. The number of hydrogen-bond acceptors (Lipinski definition) is 5. The molecule has 5 nitrogen and oxygen atoms in total. The first-order valence-corrected chi connectivity index (χ1v) is 7.25. The van der Waals surface area contributed by atoms with Crippen molar-refractivity contribution in [2.24, 2.45) is 5.84 Å². The highest BCUT2D eigenvalue weighted by atomic mass is 32.1. The molecule has 0 saturated heterocycles. The number of nitrogens with two attached hydrogens (primary N) is 1. The standard InChI is InChI=1S/C14H18N4OS/c1-18(8-7-12-5-3-9-20-12)10-11-4-2-6-13(16-11)14(19)17-15/h2-6,9H,7-8,10,15H2,1H3,(H,17,19). The Balaban J connectivity index is 1.90. The van der Waals surface area contributed by atoms with E-state index in [1.807, 2.05) is 19.2 Å². The molecule has 2 heterocycles. The number of thiophene rings is 1. The van der Waals surface area contributed by atoms with E-state index in [4.69, 9.17) is 5.84 Å². The molecule has 0 fully saturated rings. The van der Waals surface area contributed by atoms with Crippen LogP contribution in [0.5, 0.6) is 0 Å². The first-order chi connectivity index (χ1) is 9.69. The largest absolute Gasteiger partial charge is 0.300 e. The van der Waals surface area contributed by atoms with E-state index in [0.29, 0.717) is 12.2 Å². The van der Waals surface area contributed by atoms with Crippen molar-refractivity contribution in [2.75, 3.05) is 13.6 Å². The van der Waals surface area contributed by atoms with Crippen molar-refractivity contribution in [2.45, 2.75) is 13.0 Å². The number of likely N-dealkylation sites (N-methyl/N-ethyl adjacent to an activating group) is 1. The van der Waals surface area contributed by atoms with Gasteiger partial charge in [0.15, 0.2) is 0 Å². The van der Waals surface area contributed by atoms with Gasteiger partial charge in [0.25, 0.3) is 5.91 Å². The van der Waals surface area contributed by atoms with Gasteiger partial charge in [0, 0.05) is 18.0 Å². The second-order valence-electron chi connectivity index (χ2n) is 4.55. The van der Waals surface area contributed by atoms with Crippen LogP contribution in [0.1, 0.15) is 21.1 Å². The van der Waals surface area contributed by atoms with Crippen molar-refractivity contribution in [3.63, 3.8) is 0 Å². The Morgan fingerprint density at radius 2 is 2.25 bits per heavy atom. The van der Waals surface area contributed by atoms with E-state index in [1.54, 1.807) is 17.4 Å². The molecule has 2 aromatic heterocycles. The molecule has 106 valence electrons. The van der Waals surface area contributed by atoms with Gasteiger partial charge in [0.2, 0.25) is 0 Å². The molecule has 0 unspecified atom stereocenters. The molecule has 0 atom stereocenters. The normalized spacial score (nSPS) is 10.8. The van der Waals surface area contributed by atoms with Crippen molar-refractivity contribution >= 4 is 17.2 Å². The molecule has 2 rings (SSSR count). The molecule has 6 heteroatoms. The zero-order chi connectivity index (χ0) is 14.4. The second kappa shape index (κ2) is 7.14. The van der Waals surface area contributed by atoms with Gasteiger partial charge in [0.1, 0.15) is 5.69 Å². The number of nitrogens with one attached hydrogen (secondary N) is 1. The van der Waals surface area contributed by atoms with Crippen molar-refractivity contribution in [1.82, 2.24) is 15.3 Å². The third-order valence-electron chi connectivity index (χ3n) is 2.92. The maximum Gasteiger partial charge on any atom is 0.283 e. The fraction of sp³-hybridized carbons (Fsp3) is 0.286. The Kier molecular flexibility index (Phi) is 5.23. The lowest BCUT2D eigenvalue weighted by Gasteiger charge is -2.15. The summed E-state index contributed by atoms with van der Waals surface area (Å²) < 4.78 is 0. The summed E-state index contributed by atoms with van der Waals surface area (Å²) in [5.41, 5.74) is 3.30. The molecule has 0 aliphatic carbocycles. The first-order valence-electron chi connectivity index (χ1n) is 6.37. The molecule has 0 aliphatic rings. The molecule has 20 heavy (non-hydrogen) atoms. The van der Waals surface area contributed by atoms with E-state index >= 15 is 0 Å². The van der Waals surface area contributed by atoms with E-state index in [9.17, 15) is 4.79 Å². The number of amides is 1. The van der Waals surface area contributed by atoms with Crippen molar-refractivity contribution in [3.8, 4) is 0 Å². The Bertz CT molecular complexity index is 556. The lowest BCUT2D eigenvalue weighted by atomic mass is 10.2. The average molecular weight is 290 g/mol. The van der Waals surface area contributed by atoms with Crippen LogP contribution >= 0.6 is 11.3 Å². The van der Waals surface area contributed by atoms with E-state index < -0.39 is 0 Å². The van der Waals surface area contributed by atoms with Gasteiger partial charge in [-0.1, -0.05) is 12.1 Å². The van der Waals surface area contributed by atoms with E-state index in [-0.39, 0.29) is 5.91 Å². The molecule has 2 aromatic rings. The summed E-state index contributed by atoms with van der Waals surface area (Å²) >= 11 is 1.77. The molecule has 1 amide bonds. The van der Waals surface area contributed by atoms with Crippen LogP contribution in [0.25, 0.3) is 0 Å². The zero-order valence-electron chi connectivity index (χ0n) is 11.4. The van der Waals surface area contributed by atoms with Crippen LogP contribution in [0.4, 0.5) is 0 Å². The van der Waals surface area contributed by atoms with Gasteiger partial charge in [-0.2, -0.15) is 0 Å². The fourth-order valence-corrected chi connectivity index (χ4v) is 2.58. The van der Waals surface area contributed by atoms with Crippen LogP contribution in [0.2, 0.25) is 0 Å². The van der Waals surface area contributed by atoms with E-state index in [0.717, 1.165) is 18.7 Å². The SMILES string of the molecule is CN(CCc1cccs1)Cc1cccc(C(=O)NN)n1. The predicted molar refractivity (Wildman–Crippen MR) is 80.2 cm³/mol. The summed E-state index contributed by atoms with van der Waals surface area (Å²) in [5.74, 6) is 4.74. The van der Waals surface area contributed by atoms with Crippen LogP contribution in [-0.4, -0.2) is 29.4 Å². The van der Waals surface area contributed by atoms with Crippen molar-refractivity contribution < 1.29 is 4.79 Å². The smallest absolute Gasteiger partial charge is 0.283 e. The van der Waals surface area contributed by atoms with Crippen LogP contribution in [0.3, 0.4) is 0 Å². The average Bonchev–Trinajstić information content (AvgIpc) is 2.98.